The molecule has 0 aliphatic carbocycles. The van der Waals surface area contributed by atoms with Crippen LogP contribution in [0.2, 0.25) is 0 Å². The van der Waals surface area contributed by atoms with E-state index in [0.717, 1.165) is 5.56 Å². The van der Waals surface area contributed by atoms with E-state index in [2.05, 4.69) is 20.3 Å². The smallest absolute Gasteiger partial charge is 0.194 e. The fourth-order valence-electron chi connectivity index (χ4n) is 3.38. The summed E-state index contributed by atoms with van der Waals surface area (Å²) >= 11 is 0. The van der Waals surface area contributed by atoms with Gasteiger partial charge in [0.15, 0.2) is 15.8 Å². The predicted molar refractivity (Wildman–Crippen MR) is 128 cm³/mol. The Kier molecular flexibility index (Phi) is 9.10. The van der Waals surface area contributed by atoms with E-state index in [1.54, 1.807) is 36.0 Å². The molecule has 3 rings (SSSR count). The molecule has 1 aliphatic rings. The van der Waals surface area contributed by atoms with E-state index in [-0.39, 0.29) is 41.9 Å². The summed E-state index contributed by atoms with van der Waals surface area (Å²) in [6, 6.07) is 8.33. The van der Waals surface area contributed by atoms with Crippen molar-refractivity contribution in [3.05, 3.63) is 48.3 Å². The highest BCUT2D eigenvalue weighted by molar-refractivity contribution is 14.0. The second-order valence-corrected chi connectivity index (χ2v) is 9.18. The van der Waals surface area contributed by atoms with Crippen molar-refractivity contribution in [3.63, 3.8) is 0 Å². The molecular formula is C20H30IN5O3S. The van der Waals surface area contributed by atoms with Crippen LogP contribution >= 0.6 is 24.0 Å². The lowest BCUT2D eigenvalue weighted by atomic mass is 10.1. The number of benzene rings is 1. The van der Waals surface area contributed by atoms with Gasteiger partial charge in [-0.15, -0.1) is 24.0 Å². The molecule has 0 saturated carbocycles. The molecule has 1 N–H and O–H groups in total. The van der Waals surface area contributed by atoms with Gasteiger partial charge in [0.2, 0.25) is 0 Å². The quantitative estimate of drug-likeness (QED) is 0.339. The Balaban J connectivity index is 0.00000320. The highest BCUT2D eigenvalue weighted by Crippen LogP contribution is 2.22. The third-order valence-electron chi connectivity index (χ3n) is 5.02. The first-order chi connectivity index (χ1) is 13.9. The molecule has 1 fully saturated rings. The second kappa shape index (κ2) is 11.1. The number of nitrogens with one attached hydrogen (secondary N) is 1. The van der Waals surface area contributed by atoms with Crippen molar-refractivity contribution < 1.29 is 13.2 Å². The van der Waals surface area contributed by atoms with Crippen molar-refractivity contribution in [3.8, 4) is 0 Å². The van der Waals surface area contributed by atoms with Crippen molar-refractivity contribution in [1.82, 2.24) is 20.0 Å². The molecule has 1 aromatic carbocycles. The molecule has 0 bridgehead atoms. The van der Waals surface area contributed by atoms with E-state index in [0.29, 0.717) is 37.0 Å². The Morgan fingerprint density at radius 1 is 1.37 bits per heavy atom. The summed E-state index contributed by atoms with van der Waals surface area (Å²) in [6.07, 6.45) is 4.34. The average Bonchev–Trinajstić information content (AvgIpc) is 3.18. The van der Waals surface area contributed by atoms with Gasteiger partial charge in [0.25, 0.3) is 0 Å². The molecular weight excluding hydrogens is 517 g/mol. The maximum atomic E-state index is 12.8. The number of halogens is 1. The Labute approximate surface area is 195 Å². The number of morpholine rings is 1. The number of aryl methyl sites for hydroxylation is 1. The lowest BCUT2D eigenvalue weighted by molar-refractivity contribution is -0.00819. The molecule has 0 spiro atoms. The summed E-state index contributed by atoms with van der Waals surface area (Å²) in [5, 5.41) is 7.56. The highest BCUT2D eigenvalue weighted by Gasteiger charge is 2.27. The number of aromatic nitrogens is 2. The molecule has 0 radical (unpaired) electrons. The number of ether oxygens (including phenoxy) is 1. The third-order valence-corrected chi connectivity index (χ3v) is 6.85. The van der Waals surface area contributed by atoms with Crippen LogP contribution in [0.15, 0.2) is 52.6 Å². The normalized spacial score (nSPS) is 18.6. The van der Waals surface area contributed by atoms with Crippen LogP contribution in [0.4, 0.5) is 0 Å². The van der Waals surface area contributed by atoms with Crippen molar-refractivity contribution in [2.24, 2.45) is 12.0 Å². The third kappa shape index (κ3) is 6.17. The van der Waals surface area contributed by atoms with E-state index in [1.165, 1.54) is 0 Å². The highest BCUT2D eigenvalue weighted by atomic mass is 127. The summed E-state index contributed by atoms with van der Waals surface area (Å²) in [5.74, 6) is 0.709. The lowest BCUT2D eigenvalue weighted by Gasteiger charge is -2.36. The summed E-state index contributed by atoms with van der Waals surface area (Å²) in [6.45, 7) is 3.87. The summed E-state index contributed by atoms with van der Waals surface area (Å²) < 4.78 is 33.2. The molecule has 1 saturated heterocycles. The number of sulfone groups is 1. The molecule has 1 aromatic heterocycles. The van der Waals surface area contributed by atoms with Gasteiger partial charge in [0.1, 0.15) is 6.10 Å². The summed E-state index contributed by atoms with van der Waals surface area (Å²) in [7, 11) is 0.217. The predicted octanol–water partition coefficient (Wildman–Crippen LogP) is 2.24. The number of hydrogen-bond donors (Lipinski definition) is 1. The maximum absolute atomic E-state index is 12.8. The lowest BCUT2D eigenvalue weighted by Crippen LogP contribution is -2.52. The first kappa shape index (κ1) is 24.6. The number of aliphatic imine (C=N–C) groups is 1. The van der Waals surface area contributed by atoms with Crippen LogP contribution in [-0.2, 0) is 21.6 Å². The Hall–Kier alpha value is -1.66. The van der Waals surface area contributed by atoms with E-state index in [1.807, 2.05) is 32.4 Å². The van der Waals surface area contributed by atoms with Crippen molar-refractivity contribution in [2.75, 3.05) is 32.5 Å². The molecule has 30 heavy (non-hydrogen) atoms. The van der Waals surface area contributed by atoms with Crippen LogP contribution in [0.3, 0.4) is 0 Å². The largest absolute Gasteiger partial charge is 0.370 e. The van der Waals surface area contributed by atoms with Gasteiger partial charge in [-0.05, 0) is 18.6 Å². The fourth-order valence-corrected chi connectivity index (χ4v) is 4.99. The first-order valence-corrected chi connectivity index (χ1v) is 11.4. The Bertz CT molecular complexity index is 933. The fraction of sp³-hybridized carbons (Fsp3) is 0.500. The number of nitrogens with zero attached hydrogens (tertiary/aromatic N) is 4. The van der Waals surface area contributed by atoms with Gasteiger partial charge in [-0.2, -0.15) is 5.10 Å². The van der Waals surface area contributed by atoms with Crippen molar-refractivity contribution >= 4 is 39.8 Å². The SMILES string of the molecule is CCC(CS(=O)(=O)c1ccccc1)NC(=NC)N1CCOC(c2cnn(C)c2)C1.I. The molecule has 2 unspecified atom stereocenters. The van der Waals surface area contributed by atoms with Gasteiger partial charge in [0, 0.05) is 38.4 Å². The van der Waals surface area contributed by atoms with Crippen LogP contribution in [0, 0.1) is 0 Å². The van der Waals surface area contributed by atoms with Crippen molar-refractivity contribution in [2.45, 2.75) is 30.4 Å². The molecule has 8 nitrogen and oxygen atoms in total. The van der Waals surface area contributed by atoms with Crippen LogP contribution in [-0.4, -0.2) is 67.6 Å². The van der Waals surface area contributed by atoms with Gasteiger partial charge in [-0.1, -0.05) is 25.1 Å². The van der Waals surface area contributed by atoms with E-state index in [9.17, 15) is 8.42 Å². The Morgan fingerprint density at radius 3 is 2.70 bits per heavy atom. The molecule has 10 heteroatoms. The van der Waals surface area contributed by atoms with Gasteiger partial charge in [-0.3, -0.25) is 9.67 Å². The maximum Gasteiger partial charge on any atom is 0.194 e. The van der Waals surface area contributed by atoms with Crippen LogP contribution < -0.4 is 5.32 Å². The molecule has 0 amide bonds. The molecule has 166 valence electrons. The van der Waals surface area contributed by atoms with Crippen LogP contribution in [0.25, 0.3) is 0 Å². The monoisotopic (exact) mass is 547 g/mol. The molecule has 2 heterocycles. The van der Waals surface area contributed by atoms with Gasteiger partial charge in [-0.25, -0.2) is 8.42 Å². The van der Waals surface area contributed by atoms with Gasteiger partial charge in [0.05, 0.1) is 30.0 Å². The standard InChI is InChI=1S/C20H29N5O3S.HI/c1-4-17(15-29(26,27)18-8-6-5-7-9-18)23-20(21-2)25-10-11-28-19(14-25)16-12-22-24(3)13-16;/h5-9,12-13,17,19H,4,10-11,14-15H2,1-3H3,(H,21,23);1H. The molecule has 1 aliphatic heterocycles. The average molecular weight is 547 g/mol. The Morgan fingerprint density at radius 2 is 2.10 bits per heavy atom. The van der Waals surface area contributed by atoms with E-state index in [4.69, 9.17) is 4.74 Å². The topological polar surface area (TPSA) is 88.8 Å². The summed E-state index contributed by atoms with van der Waals surface area (Å²) in [5.41, 5.74) is 1.02. The number of hydrogen-bond acceptors (Lipinski definition) is 5. The van der Waals surface area contributed by atoms with E-state index >= 15 is 0 Å². The van der Waals surface area contributed by atoms with Crippen molar-refractivity contribution in [1.29, 1.82) is 0 Å². The minimum Gasteiger partial charge on any atom is -0.370 e. The minimum absolute atomic E-state index is 0. The second-order valence-electron chi connectivity index (χ2n) is 7.14. The van der Waals surface area contributed by atoms with Gasteiger partial charge < -0.3 is 15.0 Å². The zero-order chi connectivity index (χ0) is 20.9. The van der Waals surface area contributed by atoms with Gasteiger partial charge >= 0.3 is 0 Å². The molecule has 2 aromatic rings. The zero-order valence-corrected chi connectivity index (χ0v) is 20.7. The first-order valence-electron chi connectivity index (χ1n) is 9.79. The zero-order valence-electron chi connectivity index (χ0n) is 17.6. The number of rotatable bonds is 6. The van der Waals surface area contributed by atoms with Crippen LogP contribution in [0.5, 0.6) is 0 Å². The minimum atomic E-state index is -3.38. The number of guanidine groups is 1. The van der Waals surface area contributed by atoms with Crippen LogP contribution in [0.1, 0.15) is 25.0 Å². The summed E-state index contributed by atoms with van der Waals surface area (Å²) in [4.78, 5) is 6.85. The molecule has 2 atom stereocenters. The van der Waals surface area contributed by atoms with E-state index < -0.39 is 9.84 Å².